The maximum atomic E-state index is 14.9. The molecular formula is C26H28F2N4O4. The number of carbonyl (C=O) groups is 2. The van der Waals surface area contributed by atoms with Crippen LogP contribution in [-0.4, -0.2) is 58.5 Å². The van der Waals surface area contributed by atoms with E-state index in [1.807, 2.05) is 0 Å². The lowest BCUT2D eigenvalue weighted by Gasteiger charge is -2.35. The van der Waals surface area contributed by atoms with E-state index < -0.39 is 35.5 Å². The molecule has 0 radical (unpaired) electrons. The number of aromatic nitrogens is 1. The van der Waals surface area contributed by atoms with E-state index in [0.29, 0.717) is 11.1 Å². The van der Waals surface area contributed by atoms with E-state index in [2.05, 4.69) is 16.4 Å². The summed E-state index contributed by atoms with van der Waals surface area (Å²) in [6.07, 6.45) is -0.718. The SMILES string of the molecule is CC(C)(C)OC(=O)N1CC[C@H](Oc2ccc(-c3ccnc(NC(=O)C4(F)CC4)c3)cc2C#N)[C@H](F)C1. The molecule has 2 amide bonds. The Kier molecular flexibility index (Phi) is 6.85. The summed E-state index contributed by atoms with van der Waals surface area (Å²) in [6, 6.07) is 10.2. The molecule has 0 spiro atoms. The summed E-state index contributed by atoms with van der Waals surface area (Å²) >= 11 is 0. The molecule has 36 heavy (non-hydrogen) atoms. The number of nitriles is 1. The Labute approximate surface area is 208 Å². The van der Waals surface area contributed by atoms with Crippen molar-refractivity contribution < 1.29 is 27.8 Å². The molecule has 1 saturated heterocycles. The first-order chi connectivity index (χ1) is 17.0. The molecule has 1 N–H and O–H groups in total. The molecule has 190 valence electrons. The van der Waals surface area contributed by atoms with E-state index in [9.17, 15) is 23.6 Å². The van der Waals surface area contributed by atoms with Gasteiger partial charge < -0.3 is 19.7 Å². The molecule has 1 aliphatic carbocycles. The molecule has 8 nitrogen and oxygen atoms in total. The second-order valence-corrected chi connectivity index (χ2v) is 10.1. The molecule has 10 heteroatoms. The Morgan fingerprint density at radius 1 is 1.22 bits per heavy atom. The van der Waals surface area contributed by atoms with E-state index in [0.717, 1.165) is 0 Å². The summed E-state index contributed by atoms with van der Waals surface area (Å²) in [6.45, 7) is 5.35. The highest BCUT2D eigenvalue weighted by molar-refractivity contribution is 5.99. The highest BCUT2D eigenvalue weighted by Gasteiger charge is 2.51. The zero-order valence-corrected chi connectivity index (χ0v) is 20.4. The van der Waals surface area contributed by atoms with Crippen LogP contribution >= 0.6 is 0 Å². The lowest BCUT2D eigenvalue weighted by atomic mass is 10.0. The topological polar surface area (TPSA) is 105 Å². The second kappa shape index (κ2) is 9.72. The van der Waals surface area contributed by atoms with Gasteiger partial charge in [0.05, 0.1) is 12.1 Å². The number of nitrogens with zero attached hydrogens (tertiary/aromatic N) is 3. The van der Waals surface area contributed by atoms with Crippen molar-refractivity contribution in [1.29, 1.82) is 5.26 Å². The molecule has 2 atom stereocenters. The Morgan fingerprint density at radius 3 is 2.58 bits per heavy atom. The van der Waals surface area contributed by atoms with Gasteiger partial charge in [0.15, 0.2) is 11.8 Å². The van der Waals surface area contributed by atoms with Crippen LogP contribution in [0, 0.1) is 11.3 Å². The van der Waals surface area contributed by atoms with Crippen LogP contribution < -0.4 is 10.1 Å². The van der Waals surface area contributed by atoms with Crippen molar-refractivity contribution >= 4 is 17.8 Å². The van der Waals surface area contributed by atoms with Gasteiger partial charge >= 0.3 is 6.09 Å². The summed E-state index contributed by atoms with van der Waals surface area (Å²) in [5.74, 6) is -0.278. The lowest BCUT2D eigenvalue weighted by Crippen LogP contribution is -2.50. The van der Waals surface area contributed by atoms with E-state index in [1.54, 1.807) is 51.1 Å². The van der Waals surface area contributed by atoms with Gasteiger partial charge in [0, 0.05) is 19.2 Å². The Hall–Kier alpha value is -3.74. The van der Waals surface area contributed by atoms with E-state index >= 15 is 0 Å². The van der Waals surface area contributed by atoms with Crippen molar-refractivity contribution in [2.45, 2.75) is 63.6 Å². The molecule has 0 unspecified atom stereocenters. The van der Waals surface area contributed by atoms with Gasteiger partial charge in [0.1, 0.15) is 29.3 Å². The van der Waals surface area contributed by atoms with Crippen LogP contribution in [0.4, 0.5) is 19.4 Å². The summed E-state index contributed by atoms with van der Waals surface area (Å²) in [5.41, 5.74) is -0.983. The largest absolute Gasteiger partial charge is 0.486 e. The molecule has 0 bridgehead atoms. The van der Waals surface area contributed by atoms with Crippen LogP contribution in [0.15, 0.2) is 36.5 Å². The standard InChI is InChI=1S/C26H28F2N4O4/c1-25(2,3)36-24(34)32-11-7-21(19(27)15-32)35-20-5-4-16(12-18(20)14-29)17-6-10-30-22(13-17)31-23(33)26(28)8-9-26/h4-6,10,12-13,19,21H,7-9,11,15H2,1-3H3,(H,30,31,33)/t19-,21+/m1/s1. The minimum Gasteiger partial charge on any atom is -0.486 e. The average Bonchev–Trinajstić information content (AvgIpc) is 3.58. The first-order valence-electron chi connectivity index (χ1n) is 11.8. The number of carbonyl (C=O) groups excluding carboxylic acids is 2. The fraction of sp³-hybridized carbons (Fsp3) is 0.462. The molecule has 1 saturated carbocycles. The predicted molar refractivity (Wildman–Crippen MR) is 128 cm³/mol. The molecule has 2 fully saturated rings. The number of halogens is 2. The fourth-order valence-electron chi connectivity index (χ4n) is 3.81. The minimum atomic E-state index is -1.82. The molecule has 1 aromatic carbocycles. The van der Waals surface area contributed by atoms with Crippen molar-refractivity contribution in [3.63, 3.8) is 0 Å². The van der Waals surface area contributed by atoms with E-state index in [4.69, 9.17) is 9.47 Å². The number of hydrogen-bond acceptors (Lipinski definition) is 6. The highest BCUT2D eigenvalue weighted by Crippen LogP contribution is 2.40. The van der Waals surface area contributed by atoms with Crippen LogP contribution in [-0.2, 0) is 9.53 Å². The van der Waals surface area contributed by atoms with Gasteiger partial charge in [-0.3, -0.25) is 4.79 Å². The number of alkyl halides is 2. The van der Waals surface area contributed by atoms with Crippen molar-refractivity contribution in [1.82, 2.24) is 9.88 Å². The number of rotatable bonds is 5. The van der Waals surface area contributed by atoms with Crippen LogP contribution in [0.2, 0.25) is 0 Å². The van der Waals surface area contributed by atoms with Gasteiger partial charge in [-0.1, -0.05) is 6.07 Å². The van der Waals surface area contributed by atoms with E-state index in [1.165, 1.54) is 11.1 Å². The normalized spacial score (nSPS) is 20.7. The van der Waals surface area contributed by atoms with Gasteiger partial charge in [-0.05, 0) is 69.0 Å². The summed E-state index contributed by atoms with van der Waals surface area (Å²) in [5, 5.41) is 12.2. The smallest absolute Gasteiger partial charge is 0.410 e. The quantitative estimate of drug-likeness (QED) is 0.636. The minimum absolute atomic E-state index is 0.161. The maximum Gasteiger partial charge on any atom is 0.410 e. The molecule has 2 heterocycles. The van der Waals surface area contributed by atoms with Crippen molar-refractivity contribution in [3.05, 3.63) is 42.1 Å². The fourth-order valence-corrected chi connectivity index (χ4v) is 3.81. The molecule has 2 aromatic rings. The van der Waals surface area contributed by atoms with Gasteiger partial charge in [-0.2, -0.15) is 5.26 Å². The number of amides is 2. The Morgan fingerprint density at radius 2 is 1.94 bits per heavy atom. The zero-order chi connectivity index (χ0) is 26.1. The average molecular weight is 499 g/mol. The van der Waals surface area contributed by atoms with Crippen molar-refractivity contribution in [2.24, 2.45) is 0 Å². The van der Waals surface area contributed by atoms with Gasteiger partial charge in [0.2, 0.25) is 0 Å². The third-order valence-electron chi connectivity index (χ3n) is 5.94. The summed E-state index contributed by atoms with van der Waals surface area (Å²) in [4.78, 5) is 29.6. The number of likely N-dealkylation sites (tertiary alicyclic amines) is 1. The second-order valence-electron chi connectivity index (χ2n) is 10.1. The third kappa shape index (κ3) is 5.90. The monoisotopic (exact) mass is 498 g/mol. The number of pyridine rings is 1. The number of benzene rings is 1. The number of anilines is 1. The lowest BCUT2D eigenvalue weighted by molar-refractivity contribution is -0.122. The summed E-state index contributed by atoms with van der Waals surface area (Å²) in [7, 11) is 0. The van der Waals surface area contributed by atoms with Gasteiger partial charge in [-0.15, -0.1) is 0 Å². The Bertz CT molecular complexity index is 1200. The Balaban J connectivity index is 1.43. The number of piperidine rings is 1. The van der Waals surface area contributed by atoms with Gasteiger partial charge in [0.25, 0.3) is 5.91 Å². The zero-order valence-electron chi connectivity index (χ0n) is 20.4. The van der Waals surface area contributed by atoms with Crippen LogP contribution in [0.1, 0.15) is 45.6 Å². The van der Waals surface area contributed by atoms with Crippen LogP contribution in [0.3, 0.4) is 0 Å². The first kappa shape index (κ1) is 25.4. The molecule has 4 rings (SSSR count). The van der Waals surface area contributed by atoms with Crippen molar-refractivity contribution in [2.75, 3.05) is 18.4 Å². The first-order valence-corrected chi connectivity index (χ1v) is 11.8. The third-order valence-corrected chi connectivity index (χ3v) is 5.94. The highest BCUT2D eigenvalue weighted by atomic mass is 19.1. The van der Waals surface area contributed by atoms with Crippen LogP contribution in [0.25, 0.3) is 11.1 Å². The molecular weight excluding hydrogens is 470 g/mol. The predicted octanol–water partition coefficient (Wildman–Crippen LogP) is 4.79. The van der Waals surface area contributed by atoms with Crippen LogP contribution in [0.5, 0.6) is 5.75 Å². The number of hydrogen-bond donors (Lipinski definition) is 1. The van der Waals surface area contributed by atoms with Crippen molar-refractivity contribution in [3.8, 4) is 22.9 Å². The van der Waals surface area contributed by atoms with E-state index in [-0.39, 0.29) is 49.5 Å². The molecule has 1 aromatic heterocycles. The number of nitrogens with one attached hydrogen (secondary N) is 1. The van der Waals surface area contributed by atoms with Gasteiger partial charge in [-0.25, -0.2) is 18.6 Å². The summed E-state index contributed by atoms with van der Waals surface area (Å²) < 4.78 is 40.0. The maximum absolute atomic E-state index is 14.9. The number of ether oxygens (including phenoxy) is 2. The molecule has 2 aliphatic rings. The molecule has 1 aliphatic heterocycles.